The predicted octanol–water partition coefficient (Wildman–Crippen LogP) is 3.54. The molecule has 1 fully saturated rings. The molecule has 0 aromatic rings. The van der Waals surface area contributed by atoms with Gasteiger partial charge in [0.2, 0.25) is 0 Å². The minimum atomic E-state index is -1.58. The van der Waals surface area contributed by atoms with Crippen molar-refractivity contribution in [3.63, 3.8) is 0 Å². The van der Waals surface area contributed by atoms with Crippen LogP contribution in [-0.2, 0) is 28.5 Å². The van der Waals surface area contributed by atoms with E-state index >= 15 is 0 Å². The lowest BCUT2D eigenvalue weighted by Crippen LogP contribution is -2.59. The van der Waals surface area contributed by atoms with Crippen molar-refractivity contribution in [1.82, 2.24) is 0 Å². The van der Waals surface area contributed by atoms with Crippen LogP contribution >= 0.6 is 0 Å². The second-order valence-electron chi connectivity index (χ2n) is 10.6. The number of hydrogen-bond donors (Lipinski definition) is 4. The van der Waals surface area contributed by atoms with Gasteiger partial charge < -0.3 is 39.4 Å². The van der Waals surface area contributed by atoms with E-state index in [4.69, 9.17) is 18.9 Å². The minimum absolute atomic E-state index is 0.213. The first-order valence-corrected chi connectivity index (χ1v) is 15.1. The third-order valence-electron chi connectivity index (χ3n) is 6.99. The van der Waals surface area contributed by atoms with E-state index in [0.717, 1.165) is 44.9 Å². The maximum absolute atomic E-state index is 12.5. The largest absolute Gasteiger partial charge is 0.462 e. The molecule has 4 N–H and O–H groups in total. The van der Waals surface area contributed by atoms with Crippen LogP contribution in [0.3, 0.4) is 0 Å². The van der Waals surface area contributed by atoms with Crippen LogP contribution in [0, 0.1) is 0 Å². The Morgan fingerprint density at radius 2 is 1.21 bits per heavy atom. The quantitative estimate of drug-likeness (QED) is 0.107. The summed E-state index contributed by atoms with van der Waals surface area (Å²) >= 11 is 0. The summed E-state index contributed by atoms with van der Waals surface area (Å²) in [5, 5.41) is 39.5. The molecule has 10 nitrogen and oxygen atoms in total. The number of aliphatic hydroxyl groups is 4. The first-order chi connectivity index (χ1) is 18.8. The van der Waals surface area contributed by atoms with Gasteiger partial charge >= 0.3 is 11.9 Å². The van der Waals surface area contributed by atoms with Gasteiger partial charge in [-0.15, -0.1) is 0 Å². The molecular formula is C29H54O10. The van der Waals surface area contributed by atoms with Crippen LogP contribution in [0.4, 0.5) is 0 Å². The highest BCUT2D eigenvalue weighted by Crippen LogP contribution is 2.22. The molecule has 230 valence electrons. The molecule has 0 aliphatic carbocycles. The zero-order chi connectivity index (χ0) is 28.9. The van der Waals surface area contributed by atoms with E-state index in [1.165, 1.54) is 38.5 Å². The van der Waals surface area contributed by atoms with Crippen molar-refractivity contribution in [1.29, 1.82) is 0 Å². The molecule has 0 spiro atoms. The summed E-state index contributed by atoms with van der Waals surface area (Å²) in [4.78, 5) is 24.7. The number of hydrogen-bond acceptors (Lipinski definition) is 10. The molecule has 6 atom stereocenters. The zero-order valence-corrected chi connectivity index (χ0v) is 24.1. The van der Waals surface area contributed by atoms with E-state index < -0.39 is 49.4 Å². The molecule has 1 aliphatic rings. The highest BCUT2D eigenvalue weighted by Gasteiger charge is 2.44. The summed E-state index contributed by atoms with van der Waals surface area (Å²) in [5.41, 5.74) is 0. The first kappa shape index (κ1) is 35.7. The molecule has 1 aliphatic heterocycles. The fourth-order valence-corrected chi connectivity index (χ4v) is 4.48. The number of carbonyl (C=O) groups excluding carboxylic acids is 2. The molecule has 0 saturated carbocycles. The van der Waals surface area contributed by atoms with Gasteiger partial charge in [-0.05, 0) is 12.8 Å². The normalized spacial score (nSPS) is 23.9. The van der Waals surface area contributed by atoms with Crippen molar-refractivity contribution in [3.05, 3.63) is 0 Å². The molecule has 1 unspecified atom stereocenters. The highest BCUT2D eigenvalue weighted by atomic mass is 16.7. The van der Waals surface area contributed by atoms with E-state index in [1.54, 1.807) is 0 Å². The number of carbonyl (C=O) groups is 2. The van der Waals surface area contributed by atoms with Gasteiger partial charge in [0.25, 0.3) is 0 Å². The lowest BCUT2D eigenvalue weighted by Gasteiger charge is -2.39. The SMILES string of the molecule is CCCCCCCCCC(=O)OCC(CO[C@@H]1O[C@H](CO)[C@H](O)[C@H](O)[C@H]1O)OC(=O)CCCCCCCCC. The monoisotopic (exact) mass is 562 g/mol. The fourth-order valence-electron chi connectivity index (χ4n) is 4.48. The van der Waals surface area contributed by atoms with E-state index in [-0.39, 0.29) is 32.0 Å². The average molecular weight is 563 g/mol. The Kier molecular flexibility index (Phi) is 20.5. The van der Waals surface area contributed by atoms with Crippen LogP contribution in [0.5, 0.6) is 0 Å². The number of esters is 2. The maximum Gasteiger partial charge on any atom is 0.306 e. The molecule has 1 saturated heterocycles. The van der Waals surface area contributed by atoms with Gasteiger partial charge in [-0.3, -0.25) is 9.59 Å². The van der Waals surface area contributed by atoms with Crippen LogP contribution in [0.15, 0.2) is 0 Å². The van der Waals surface area contributed by atoms with E-state index in [9.17, 15) is 30.0 Å². The van der Waals surface area contributed by atoms with E-state index in [2.05, 4.69) is 13.8 Å². The summed E-state index contributed by atoms with van der Waals surface area (Å²) in [6.07, 6.45) is 7.41. The molecule has 10 heteroatoms. The van der Waals surface area contributed by atoms with Gasteiger partial charge in [0, 0.05) is 12.8 Å². The van der Waals surface area contributed by atoms with Crippen molar-refractivity contribution < 1.29 is 49.0 Å². The van der Waals surface area contributed by atoms with Gasteiger partial charge in [-0.1, -0.05) is 90.9 Å². The summed E-state index contributed by atoms with van der Waals surface area (Å²) in [6, 6.07) is 0. The minimum Gasteiger partial charge on any atom is -0.462 e. The van der Waals surface area contributed by atoms with E-state index in [1.807, 2.05) is 0 Å². The second-order valence-corrected chi connectivity index (χ2v) is 10.6. The van der Waals surface area contributed by atoms with Gasteiger partial charge in [0.05, 0.1) is 13.2 Å². The summed E-state index contributed by atoms with van der Waals surface area (Å²) < 4.78 is 21.8. The van der Waals surface area contributed by atoms with Crippen LogP contribution in [0.25, 0.3) is 0 Å². The average Bonchev–Trinajstić information content (AvgIpc) is 2.93. The Bertz CT molecular complexity index is 629. The van der Waals surface area contributed by atoms with Crippen LogP contribution < -0.4 is 0 Å². The molecule has 0 aromatic heterocycles. The van der Waals surface area contributed by atoms with Crippen molar-refractivity contribution in [2.45, 2.75) is 153 Å². The fraction of sp³-hybridized carbons (Fsp3) is 0.931. The lowest BCUT2D eigenvalue weighted by atomic mass is 9.99. The van der Waals surface area contributed by atoms with Gasteiger partial charge in [0.15, 0.2) is 12.4 Å². The smallest absolute Gasteiger partial charge is 0.306 e. The standard InChI is InChI=1S/C29H54O10/c1-3-5-7-9-11-13-15-17-24(31)36-20-22(38-25(32)18-16-14-12-10-8-6-4-2)21-37-29-28(35)27(34)26(33)23(19-30)39-29/h22-23,26-30,33-35H,3-21H2,1-2H3/t22?,23-,26+,27+,28-,29-/m1/s1. The molecule has 0 amide bonds. The molecule has 0 aromatic carbocycles. The predicted molar refractivity (Wildman–Crippen MR) is 146 cm³/mol. The topological polar surface area (TPSA) is 152 Å². The Morgan fingerprint density at radius 3 is 1.74 bits per heavy atom. The Balaban J connectivity index is 2.52. The van der Waals surface area contributed by atoms with Gasteiger partial charge in [0.1, 0.15) is 31.0 Å². The Hall–Kier alpha value is -1.30. The van der Waals surface area contributed by atoms with Crippen molar-refractivity contribution in [2.75, 3.05) is 19.8 Å². The third-order valence-corrected chi connectivity index (χ3v) is 6.99. The third kappa shape index (κ3) is 15.9. The molecule has 39 heavy (non-hydrogen) atoms. The lowest BCUT2D eigenvalue weighted by molar-refractivity contribution is -0.305. The Morgan fingerprint density at radius 1 is 0.692 bits per heavy atom. The number of rotatable bonds is 23. The summed E-state index contributed by atoms with van der Waals surface area (Å²) in [7, 11) is 0. The number of unbranched alkanes of at least 4 members (excludes halogenated alkanes) is 12. The van der Waals surface area contributed by atoms with Crippen molar-refractivity contribution in [2.24, 2.45) is 0 Å². The van der Waals surface area contributed by atoms with Crippen LogP contribution in [0.1, 0.15) is 117 Å². The first-order valence-electron chi connectivity index (χ1n) is 15.1. The maximum atomic E-state index is 12.5. The summed E-state index contributed by atoms with van der Waals surface area (Å²) in [5.74, 6) is -0.821. The Labute approximate surface area is 234 Å². The van der Waals surface area contributed by atoms with Crippen molar-refractivity contribution >= 4 is 11.9 Å². The van der Waals surface area contributed by atoms with Crippen molar-refractivity contribution in [3.8, 4) is 0 Å². The van der Waals surface area contributed by atoms with E-state index in [0.29, 0.717) is 6.42 Å². The molecule has 1 rings (SSSR count). The number of aliphatic hydroxyl groups excluding tert-OH is 4. The van der Waals surface area contributed by atoms with Gasteiger partial charge in [-0.25, -0.2) is 0 Å². The molecule has 0 bridgehead atoms. The molecular weight excluding hydrogens is 508 g/mol. The molecule has 0 radical (unpaired) electrons. The van der Waals surface area contributed by atoms with Gasteiger partial charge in [-0.2, -0.15) is 0 Å². The van der Waals surface area contributed by atoms with Crippen LogP contribution in [-0.4, -0.2) is 89.0 Å². The summed E-state index contributed by atoms with van der Waals surface area (Å²) in [6.45, 7) is 3.27. The second kappa shape index (κ2) is 22.4. The molecule has 1 heterocycles. The number of ether oxygens (including phenoxy) is 4. The van der Waals surface area contributed by atoms with Crippen LogP contribution in [0.2, 0.25) is 0 Å². The zero-order valence-electron chi connectivity index (χ0n) is 24.1. The highest BCUT2D eigenvalue weighted by molar-refractivity contribution is 5.70.